The summed E-state index contributed by atoms with van der Waals surface area (Å²) in [6, 6.07) is 7.72. The average Bonchev–Trinajstić information content (AvgIpc) is 2.51. The minimum Gasteiger partial charge on any atom is -0.394 e. The highest BCUT2D eigenvalue weighted by Crippen LogP contribution is 2.42. The van der Waals surface area contributed by atoms with E-state index in [0.29, 0.717) is 0 Å². The molecule has 5 nitrogen and oxygen atoms in total. The molecule has 0 spiro atoms. The van der Waals surface area contributed by atoms with E-state index in [1.165, 1.54) is 0 Å². The summed E-state index contributed by atoms with van der Waals surface area (Å²) in [5.41, 5.74) is 1.77. The Morgan fingerprint density at radius 2 is 1.52 bits per heavy atom. The first-order valence-electron chi connectivity index (χ1n) is 8.88. The fraction of sp³-hybridized carbons (Fsp3) is 0.700. The molecule has 5 heteroatoms. The molecule has 0 aliphatic carbocycles. The van der Waals surface area contributed by atoms with Crippen LogP contribution in [0.15, 0.2) is 24.3 Å². The van der Waals surface area contributed by atoms with E-state index in [1.54, 1.807) is 0 Å². The van der Waals surface area contributed by atoms with Crippen LogP contribution in [0.4, 0.5) is 0 Å². The molecule has 1 aromatic rings. The Labute approximate surface area is 150 Å². The van der Waals surface area contributed by atoms with Gasteiger partial charge in [-0.25, -0.2) is 0 Å². The van der Waals surface area contributed by atoms with Crippen molar-refractivity contribution in [2.45, 2.75) is 77.0 Å². The SMILES string of the molecule is CC(C)(C)CC(C)(C)c1ccccc1C1O[C@H](CO)[C@H](O)[C@H](O)[C@H]1O. The third kappa shape index (κ3) is 4.41. The largest absolute Gasteiger partial charge is 0.394 e. The van der Waals surface area contributed by atoms with E-state index in [4.69, 9.17) is 4.74 Å². The number of hydrogen-bond donors (Lipinski definition) is 4. The van der Waals surface area contributed by atoms with Gasteiger partial charge in [0.25, 0.3) is 0 Å². The van der Waals surface area contributed by atoms with E-state index in [1.807, 2.05) is 24.3 Å². The van der Waals surface area contributed by atoms with Crippen LogP contribution in [-0.2, 0) is 10.2 Å². The number of benzene rings is 1. The van der Waals surface area contributed by atoms with E-state index in [2.05, 4.69) is 34.6 Å². The average molecular weight is 352 g/mol. The molecule has 1 aliphatic rings. The van der Waals surface area contributed by atoms with Crippen LogP contribution in [0.5, 0.6) is 0 Å². The molecule has 0 radical (unpaired) electrons. The summed E-state index contributed by atoms with van der Waals surface area (Å²) >= 11 is 0. The van der Waals surface area contributed by atoms with Gasteiger partial charge >= 0.3 is 0 Å². The Balaban J connectivity index is 2.43. The summed E-state index contributed by atoms with van der Waals surface area (Å²) in [6.07, 6.45) is -4.74. The maximum Gasteiger partial charge on any atom is 0.113 e. The maximum atomic E-state index is 10.5. The summed E-state index contributed by atoms with van der Waals surface area (Å²) in [5.74, 6) is 0. The lowest BCUT2D eigenvalue weighted by Crippen LogP contribution is -2.55. The molecule has 4 N–H and O–H groups in total. The second-order valence-corrected chi connectivity index (χ2v) is 8.96. The molecule has 142 valence electrons. The van der Waals surface area contributed by atoms with Crippen molar-refractivity contribution in [3.05, 3.63) is 35.4 Å². The topological polar surface area (TPSA) is 90.2 Å². The van der Waals surface area contributed by atoms with E-state index < -0.39 is 37.1 Å². The van der Waals surface area contributed by atoms with Gasteiger partial charge in [-0.05, 0) is 28.4 Å². The predicted octanol–water partition coefficient (Wildman–Crippen LogP) is 1.92. The van der Waals surface area contributed by atoms with Crippen molar-refractivity contribution in [2.75, 3.05) is 6.61 Å². The third-order valence-corrected chi connectivity index (χ3v) is 4.86. The van der Waals surface area contributed by atoms with E-state index in [0.717, 1.165) is 17.5 Å². The first-order valence-corrected chi connectivity index (χ1v) is 8.88. The second kappa shape index (κ2) is 7.33. The Hall–Kier alpha value is -0.980. The molecular formula is C20H32O5. The first kappa shape index (κ1) is 20.3. The highest BCUT2D eigenvalue weighted by molar-refractivity contribution is 5.36. The van der Waals surface area contributed by atoms with Crippen LogP contribution in [0.2, 0.25) is 0 Å². The lowest BCUT2D eigenvalue weighted by molar-refractivity contribution is -0.232. The van der Waals surface area contributed by atoms with Gasteiger partial charge in [-0.2, -0.15) is 0 Å². The summed E-state index contributed by atoms with van der Waals surface area (Å²) in [4.78, 5) is 0. The number of aliphatic hydroxyl groups is 4. The first-order chi connectivity index (χ1) is 11.5. The van der Waals surface area contributed by atoms with Crippen LogP contribution in [0.3, 0.4) is 0 Å². The zero-order valence-electron chi connectivity index (χ0n) is 15.8. The van der Waals surface area contributed by atoms with Gasteiger partial charge in [0.15, 0.2) is 0 Å². The van der Waals surface area contributed by atoms with E-state index in [9.17, 15) is 20.4 Å². The lowest BCUT2D eigenvalue weighted by atomic mass is 9.70. The van der Waals surface area contributed by atoms with Gasteiger partial charge in [-0.3, -0.25) is 0 Å². The molecular weight excluding hydrogens is 320 g/mol. The minimum absolute atomic E-state index is 0.117. The molecule has 1 unspecified atom stereocenters. The zero-order valence-corrected chi connectivity index (χ0v) is 15.8. The molecule has 1 fully saturated rings. The monoisotopic (exact) mass is 352 g/mol. The quantitative estimate of drug-likeness (QED) is 0.665. The Morgan fingerprint density at radius 1 is 0.920 bits per heavy atom. The summed E-state index contributed by atoms with van der Waals surface area (Å²) in [5, 5.41) is 40.0. The summed E-state index contributed by atoms with van der Waals surface area (Å²) in [6.45, 7) is 10.4. The molecule has 0 saturated carbocycles. The van der Waals surface area contributed by atoms with E-state index >= 15 is 0 Å². The third-order valence-electron chi connectivity index (χ3n) is 4.86. The van der Waals surface area contributed by atoms with Gasteiger partial charge in [-0.1, -0.05) is 58.9 Å². The Bertz CT molecular complexity index is 576. The van der Waals surface area contributed by atoms with Crippen molar-refractivity contribution in [3.63, 3.8) is 0 Å². The maximum absolute atomic E-state index is 10.5. The van der Waals surface area contributed by atoms with Crippen LogP contribution >= 0.6 is 0 Å². The molecule has 1 saturated heterocycles. The zero-order chi connectivity index (χ0) is 19.0. The Morgan fingerprint density at radius 3 is 2.08 bits per heavy atom. The predicted molar refractivity (Wildman–Crippen MR) is 96.3 cm³/mol. The molecule has 1 heterocycles. The van der Waals surface area contributed by atoms with Gasteiger partial charge in [0.1, 0.15) is 30.5 Å². The van der Waals surface area contributed by atoms with Crippen LogP contribution in [0.1, 0.15) is 58.3 Å². The van der Waals surface area contributed by atoms with Crippen LogP contribution in [-0.4, -0.2) is 51.4 Å². The minimum atomic E-state index is -1.37. The van der Waals surface area contributed by atoms with Gasteiger partial charge in [-0.15, -0.1) is 0 Å². The van der Waals surface area contributed by atoms with Crippen molar-refractivity contribution in [1.29, 1.82) is 0 Å². The van der Waals surface area contributed by atoms with Gasteiger partial charge in [0, 0.05) is 0 Å². The molecule has 25 heavy (non-hydrogen) atoms. The van der Waals surface area contributed by atoms with Crippen molar-refractivity contribution in [2.24, 2.45) is 5.41 Å². The van der Waals surface area contributed by atoms with Gasteiger partial charge in [0.2, 0.25) is 0 Å². The smallest absolute Gasteiger partial charge is 0.113 e. The van der Waals surface area contributed by atoms with Crippen LogP contribution in [0.25, 0.3) is 0 Å². The molecule has 2 rings (SSSR count). The second-order valence-electron chi connectivity index (χ2n) is 8.96. The standard InChI is InChI=1S/C20H32O5/c1-19(2,3)11-20(4,5)13-9-7-6-8-12(13)18-17(24)16(23)15(22)14(10-21)25-18/h6-9,14-18,21-24H,10-11H2,1-5H3/t14-,15+,16+,17-,18?/m1/s1. The van der Waals surface area contributed by atoms with Crippen molar-refractivity contribution >= 4 is 0 Å². The number of aliphatic hydroxyl groups excluding tert-OH is 4. The molecule has 1 aliphatic heterocycles. The molecule has 1 aromatic carbocycles. The van der Waals surface area contributed by atoms with E-state index in [-0.39, 0.29) is 10.8 Å². The molecule has 0 amide bonds. The lowest BCUT2D eigenvalue weighted by Gasteiger charge is -2.42. The van der Waals surface area contributed by atoms with Crippen molar-refractivity contribution in [1.82, 2.24) is 0 Å². The van der Waals surface area contributed by atoms with Crippen molar-refractivity contribution in [3.8, 4) is 0 Å². The molecule has 0 aromatic heterocycles. The Kier molecular flexibility index (Phi) is 5.96. The number of rotatable bonds is 4. The van der Waals surface area contributed by atoms with Gasteiger partial charge in [0.05, 0.1) is 6.61 Å². The van der Waals surface area contributed by atoms with Crippen molar-refractivity contribution < 1.29 is 25.2 Å². The molecule has 5 atom stereocenters. The summed E-state index contributed by atoms with van der Waals surface area (Å²) < 4.78 is 5.77. The number of ether oxygens (including phenoxy) is 1. The fourth-order valence-electron chi connectivity index (χ4n) is 4.14. The summed E-state index contributed by atoms with van der Waals surface area (Å²) in [7, 11) is 0. The molecule has 0 bridgehead atoms. The fourth-order valence-corrected chi connectivity index (χ4v) is 4.14. The highest BCUT2D eigenvalue weighted by atomic mass is 16.5. The number of hydrogen-bond acceptors (Lipinski definition) is 5. The van der Waals surface area contributed by atoms with Crippen LogP contribution < -0.4 is 0 Å². The van der Waals surface area contributed by atoms with Crippen LogP contribution in [0, 0.1) is 5.41 Å². The van der Waals surface area contributed by atoms with Gasteiger partial charge < -0.3 is 25.2 Å². The normalized spacial score (nSPS) is 31.2. The highest BCUT2D eigenvalue weighted by Gasteiger charge is 2.45.